The highest BCUT2D eigenvalue weighted by Crippen LogP contribution is 2.19. The molecule has 0 radical (unpaired) electrons. The van der Waals surface area contributed by atoms with Crippen molar-refractivity contribution in [2.75, 3.05) is 18.5 Å². The van der Waals surface area contributed by atoms with E-state index in [9.17, 15) is 4.39 Å². The van der Waals surface area contributed by atoms with Gasteiger partial charge in [0.1, 0.15) is 0 Å². The lowest BCUT2D eigenvalue weighted by molar-refractivity contribution is 0.571. The second-order valence-corrected chi connectivity index (χ2v) is 4.49. The van der Waals surface area contributed by atoms with E-state index < -0.39 is 0 Å². The number of anilines is 1. The molecular formula is C13H22FN3. The summed E-state index contributed by atoms with van der Waals surface area (Å²) >= 11 is 0. The summed E-state index contributed by atoms with van der Waals surface area (Å²) in [6.45, 7) is 7.58. The van der Waals surface area contributed by atoms with Gasteiger partial charge in [-0.2, -0.15) is 0 Å². The van der Waals surface area contributed by atoms with Crippen LogP contribution in [0.4, 0.5) is 10.2 Å². The summed E-state index contributed by atoms with van der Waals surface area (Å²) in [7, 11) is 1.86. The second-order valence-electron chi connectivity index (χ2n) is 4.49. The van der Waals surface area contributed by atoms with Crippen molar-refractivity contribution in [2.24, 2.45) is 0 Å². The van der Waals surface area contributed by atoms with Crippen LogP contribution in [-0.4, -0.2) is 24.6 Å². The van der Waals surface area contributed by atoms with Crippen molar-refractivity contribution in [3.8, 4) is 0 Å². The molecule has 1 aromatic heterocycles. The Kier molecular flexibility index (Phi) is 5.35. The van der Waals surface area contributed by atoms with Crippen LogP contribution >= 0.6 is 0 Å². The third-order valence-electron chi connectivity index (χ3n) is 2.80. The van der Waals surface area contributed by atoms with Crippen LogP contribution in [-0.2, 0) is 6.54 Å². The Morgan fingerprint density at radius 3 is 2.76 bits per heavy atom. The minimum absolute atomic E-state index is 0.215. The van der Waals surface area contributed by atoms with Gasteiger partial charge in [0.25, 0.3) is 0 Å². The smallest absolute Gasteiger partial charge is 0.170 e. The van der Waals surface area contributed by atoms with E-state index in [1.807, 2.05) is 25.8 Å². The summed E-state index contributed by atoms with van der Waals surface area (Å²) in [4.78, 5) is 5.96. The summed E-state index contributed by atoms with van der Waals surface area (Å²) in [6, 6.07) is 1.96. The highest BCUT2D eigenvalue weighted by Gasteiger charge is 2.14. The Labute approximate surface area is 103 Å². The van der Waals surface area contributed by atoms with E-state index in [2.05, 4.69) is 17.2 Å². The third kappa shape index (κ3) is 3.66. The maximum Gasteiger partial charge on any atom is 0.170 e. The summed E-state index contributed by atoms with van der Waals surface area (Å²) in [5.41, 5.74) is 0.677. The normalized spacial score (nSPS) is 10.9. The number of nitrogens with zero attached hydrogens (tertiary/aromatic N) is 2. The molecule has 0 spiro atoms. The van der Waals surface area contributed by atoms with Gasteiger partial charge in [-0.1, -0.05) is 6.92 Å². The van der Waals surface area contributed by atoms with E-state index in [0.29, 0.717) is 17.9 Å². The molecule has 1 rings (SSSR count). The highest BCUT2D eigenvalue weighted by molar-refractivity contribution is 5.43. The van der Waals surface area contributed by atoms with E-state index in [1.165, 1.54) is 0 Å². The van der Waals surface area contributed by atoms with E-state index in [0.717, 1.165) is 13.0 Å². The molecule has 1 heterocycles. The van der Waals surface area contributed by atoms with Crippen molar-refractivity contribution in [3.05, 3.63) is 23.6 Å². The van der Waals surface area contributed by atoms with Crippen molar-refractivity contribution in [1.29, 1.82) is 0 Å². The summed E-state index contributed by atoms with van der Waals surface area (Å²) in [5, 5.41) is 3.20. The van der Waals surface area contributed by atoms with E-state index in [1.54, 1.807) is 12.3 Å². The van der Waals surface area contributed by atoms with Crippen LogP contribution in [0.25, 0.3) is 0 Å². The molecule has 0 aliphatic heterocycles. The van der Waals surface area contributed by atoms with E-state index in [4.69, 9.17) is 0 Å². The molecule has 0 saturated carbocycles. The topological polar surface area (TPSA) is 28.2 Å². The van der Waals surface area contributed by atoms with Crippen LogP contribution in [0, 0.1) is 5.82 Å². The van der Waals surface area contributed by atoms with Gasteiger partial charge in [-0.25, -0.2) is 9.37 Å². The average Bonchev–Trinajstić information content (AvgIpc) is 2.30. The zero-order valence-electron chi connectivity index (χ0n) is 11.1. The molecular weight excluding hydrogens is 217 g/mol. The Hall–Kier alpha value is -1.16. The summed E-state index contributed by atoms with van der Waals surface area (Å²) in [6.07, 6.45) is 2.71. The van der Waals surface area contributed by atoms with Gasteiger partial charge in [-0.15, -0.1) is 0 Å². The Morgan fingerprint density at radius 1 is 1.47 bits per heavy atom. The molecule has 0 amide bonds. The van der Waals surface area contributed by atoms with Crippen LogP contribution < -0.4 is 10.2 Å². The van der Waals surface area contributed by atoms with Crippen LogP contribution in [0.5, 0.6) is 0 Å². The maximum absolute atomic E-state index is 14.2. The number of rotatable bonds is 6. The maximum atomic E-state index is 14.2. The molecule has 4 heteroatoms. The number of hydrogen-bond donors (Lipinski definition) is 1. The molecule has 0 saturated heterocycles. The number of aromatic nitrogens is 1. The number of hydrogen-bond acceptors (Lipinski definition) is 3. The molecule has 96 valence electrons. The molecule has 1 N–H and O–H groups in total. The van der Waals surface area contributed by atoms with Crippen LogP contribution in [0.3, 0.4) is 0 Å². The number of nitrogens with one attached hydrogen (secondary N) is 1. The standard InChI is InChI=1S/C13H22FN3/c1-5-7-15-9-11-6-8-16-13(12(11)14)17(4)10(2)3/h6,8,10,15H,5,7,9H2,1-4H3. The van der Waals surface area contributed by atoms with Crippen molar-refractivity contribution in [1.82, 2.24) is 10.3 Å². The van der Waals surface area contributed by atoms with Crippen LogP contribution in [0.2, 0.25) is 0 Å². The molecule has 3 nitrogen and oxygen atoms in total. The summed E-state index contributed by atoms with van der Waals surface area (Å²) < 4.78 is 14.2. The predicted octanol–water partition coefficient (Wildman–Crippen LogP) is 2.56. The van der Waals surface area contributed by atoms with Gasteiger partial charge in [0.2, 0.25) is 0 Å². The van der Waals surface area contributed by atoms with E-state index in [-0.39, 0.29) is 11.9 Å². The molecule has 0 atom stereocenters. The average molecular weight is 239 g/mol. The predicted molar refractivity (Wildman–Crippen MR) is 69.7 cm³/mol. The fraction of sp³-hybridized carbons (Fsp3) is 0.615. The van der Waals surface area contributed by atoms with Crippen molar-refractivity contribution < 1.29 is 4.39 Å². The van der Waals surface area contributed by atoms with Crippen LogP contribution in [0.1, 0.15) is 32.8 Å². The molecule has 0 fully saturated rings. The van der Waals surface area contributed by atoms with Gasteiger partial charge in [0, 0.05) is 31.4 Å². The van der Waals surface area contributed by atoms with Crippen LogP contribution in [0.15, 0.2) is 12.3 Å². The Morgan fingerprint density at radius 2 is 2.18 bits per heavy atom. The lowest BCUT2D eigenvalue weighted by Crippen LogP contribution is -2.28. The first-order valence-corrected chi connectivity index (χ1v) is 6.14. The van der Waals surface area contributed by atoms with Crippen molar-refractivity contribution in [3.63, 3.8) is 0 Å². The fourth-order valence-corrected chi connectivity index (χ4v) is 1.50. The Balaban J connectivity index is 2.83. The van der Waals surface area contributed by atoms with Crippen molar-refractivity contribution >= 4 is 5.82 Å². The molecule has 0 aliphatic rings. The summed E-state index contributed by atoms with van der Waals surface area (Å²) in [5.74, 6) is 0.211. The zero-order chi connectivity index (χ0) is 12.8. The van der Waals surface area contributed by atoms with Gasteiger partial charge in [0.05, 0.1) is 0 Å². The molecule has 0 bridgehead atoms. The minimum atomic E-state index is -0.215. The number of halogens is 1. The fourth-order valence-electron chi connectivity index (χ4n) is 1.50. The minimum Gasteiger partial charge on any atom is -0.355 e. The van der Waals surface area contributed by atoms with Gasteiger partial charge >= 0.3 is 0 Å². The monoisotopic (exact) mass is 239 g/mol. The Bertz CT molecular complexity index is 353. The van der Waals surface area contributed by atoms with Gasteiger partial charge in [0.15, 0.2) is 11.6 Å². The molecule has 1 aromatic rings. The van der Waals surface area contributed by atoms with E-state index >= 15 is 0 Å². The van der Waals surface area contributed by atoms with Gasteiger partial charge in [-0.05, 0) is 32.9 Å². The van der Waals surface area contributed by atoms with Crippen molar-refractivity contribution in [2.45, 2.75) is 39.8 Å². The number of pyridine rings is 1. The zero-order valence-corrected chi connectivity index (χ0v) is 11.1. The lowest BCUT2D eigenvalue weighted by Gasteiger charge is -2.23. The SMILES string of the molecule is CCCNCc1ccnc(N(C)C(C)C)c1F. The largest absolute Gasteiger partial charge is 0.355 e. The molecule has 17 heavy (non-hydrogen) atoms. The second kappa shape index (κ2) is 6.55. The molecule has 0 aliphatic carbocycles. The first kappa shape index (κ1) is 13.9. The lowest BCUT2D eigenvalue weighted by atomic mass is 10.2. The first-order valence-electron chi connectivity index (χ1n) is 6.14. The molecule has 0 unspecified atom stereocenters. The molecule has 0 aromatic carbocycles. The highest BCUT2D eigenvalue weighted by atomic mass is 19.1. The first-order chi connectivity index (χ1) is 8.07. The quantitative estimate of drug-likeness (QED) is 0.773. The van der Waals surface area contributed by atoms with Gasteiger partial charge in [-0.3, -0.25) is 0 Å². The third-order valence-corrected chi connectivity index (χ3v) is 2.80. The van der Waals surface area contributed by atoms with Gasteiger partial charge < -0.3 is 10.2 Å².